The van der Waals surface area contributed by atoms with Gasteiger partial charge in [-0.25, -0.2) is 13.2 Å². The highest BCUT2D eigenvalue weighted by molar-refractivity contribution is 7.90. The molecule has 0 aliphatic rings. The average molecular weight is 206 g/mol. The van der Waals surface area contributed by atoms with E-state index in [2.05, 4.69) is 0 Å². The fourth-order valence-electron chi connectivity index (χ4n) is 0.830. The molecule has 0 radical (unpaired) electrons. The molecule has 0 fully saturated rings. The average Bonchev–Trinajstić information content (AvgIpc) is 1.95. The van der Waals surface area contributed by atoms with E-state index in [9.17, 15) is 13.2 Å². The number of rotatable bonds is 5. The second-order valence-electron chi connectivity index (χ2n) is 2.81. The van der Waals surface area contributed by atoms with Crippen molar-refractivity contribution in [3.05, 3.63) is 11.6 Å². The van der Waals surface area contributed by atoms with Crippen molar-refractivity contribution >= 4 is 15.8 Å². The maximum Gasteiger partial charge on any atom is 0.331 e. The van der Waals surface area contributed by atoms with Crippen LogP contribution in [0.2, 0.25) is 0 Å². The van der Waals surface area contributed by atoms with Crippen LogP contribution in [0.5, 0.6) is 0 Å². The maximum atomic E-state index is 10.7. The third-order valence-electron chi connectivity index (χ3n) is 1.53. The van der Waals surface area contributed by atoms with Crippen LogP contribution in [0.1, 0.15) is 19.8 Å². The predicted octanol–water partition coefficient (Wildman–Crippen LogP) is 0.842. The molecule has 0 amide bonds. The van der Waals surface area contributed by atoms with E-state index in [4.69, 9.17) is 5.11 Å². The maximum absolute atomic E-state index is 10.7. The Morgan fingerprint density at radius 2 is 2.00 bits per heavy atom. The fourth-order valence-corrected chi connectivity index (χ4v) is 1.38. The lowest BCUT2D eigenvalue weighted by molar-refractivity contribution is -0.132. The van der Waals surface area contributed by atoms with Crippen molar-refractivity contribution in [2.75, 3.05) is 12.0 Å². The summed E-state index contributed by atoms with van der Waals surface area (Å²) >= 11 is 0. The van der Waals surface area contributed by atoms with Gasteiger partial charge in [-0.05, 0) is 12.8 Å². The summed E-state index contributed by atoms with van der Waals surface area (Å²) < 4.78 is 21.4. The quantitative estimate of drug-likeness (QED) is 0.677. The van der Waals surface area contributed by atoms with Crippen molar-refractivity contribution in [3.63, 3.8) is 0 Å². The summed E-state index contributed by atoms with van der Waals surface area (Å²) in [5.74, 6) is -0.972. The monoisotopic (exact) mass is 206 g/mol. The topological polar surface area (TPSA) is 71.4 Å². The number of carboxylic acids is 1. The molecule has 0 saturated carbocycles. The van der Waals surface area contributed by atoms with Gasteiger partial charge in [-0.3, -0.25) is 0 Å². The number of aliphatic carboxylic acids is 1. The molecular weight excluding hydrogens is 192 g/mol. The van der Waals surface area contributed by atoms with E-state index in [1.165, 1.54) is 6.08 Å². The van der Waals surface area contributed by atoms with Crippen molar-refractivity contribution in [2.45, 2.75) is 19.8 Å². The molecular formula is C8H14O4S. The van der Waals surface area contributed by atoms with E-state index in [1.54, 1.807) is 6.92 Å². The highest BCUT2D eigenvalue weighted by Crippen LogP contribution is 2.03. The Hall–Kier alpha value is -0.840. The molecule has 0 spiro atoms. The van der Waals surface area contributed by atoms with Crippen molar-refractivity contribution in [1.82, 2.24) is 0 Å². The number of hydrogen-bond donors (Lipinski definition) is 1. The van der Waals surface area contributed by atoms with E-state index >= 15 is 0 Å². The highest BCUT2D eigenvalue weighted by atomic mass is 32.2. The van der Waals surface area contributed by atoms with Crippen LogP contribution in [0, 0.1) is 0 Å². The van der Waals surface area contributed by atoms with Crippen LogP contribution in [0.3, 0.4) is 0 Å². The zero-order chi connectivity index (χ0) is 10.5. The van der Waals surface area contributed by atoms with E-state index in [-0.39, 0.29) is 17.7 Å². The molecule has 0 aliphatic carbocycles. The molecule has 5 heteroatoms. The lowest BCUT2D eigenvalue weighted by Crippen LogP contribution is -2.04. The van der Waals surface area contributed by atoms with Crippen LogP contribution in [-0.4, -0.2) is 31.5 Å². The minimum absolute atomic E-state index is 0.00375. The molecule has 13 heavy (non-hydrogen) atoms. The first-order valence-corrected chi connectivity index (χ1v) is 6.03. The van der Waals surface area contributed by atoms with Crippen molar-refractivity contribution in [1.29, 1.82) is 0 Å². The van der Waals surface area contributed by atoms with Crippen molar-refractivity contribution in [2.24, 2.45) is 0 Å². The lowest BCUT2D eigenvalue weighted by atomic mass is 10.2. The van der Waals surface area contributed by atoms with Gasteiger partial charge < -0.3 is 5.11 Å². The normalized spacial score (nSPS) is 12.9. The molecule has 0 aromatic rings. The van der Waals surface area contributed by atoms with Crippen molar-refractivity contribution < 1.29 is 18.3 Å². The van der Waals surface area contributed by atoms with E-state index < -0.39 is 15.8 Å². The molecule has 4 nitrogen and oxygen atoms in total. The Kier molecular flexibility index (Phi) is 4.69. The first kappa shape index (κ1) is 12.2. The summed E-state index contributed by atoms with van der Waals surface area (Å²) in [6, 6.07) is 0. The molecule has 0 rings (SSSR count). The van der Waals surface area contributed by atoms with Crippen LogP contribution < -0.4 is 0 Å². The van der Waals surface area contributed by atoms with Gasteiger partial charge in [0.25, 0.3) is 0 Å². The molecule has 0 saturated heterocycles. The summed E-state index contributed by atoms with van der Waals surface area (Å²) in [7, 11) is -2.99. The fraction of sp³-hybridized carbons (Fsp3) is 0.625. The van der Waals surface area contributed by atoms with Gasteiger partial charge in [0.1, 0.15) is 9.84 Å². The summed E-state index contributed by atoms with van der Waals surface area (Å²) in [6.45, 7) is 1.72. The molecule has 0 aromatic heterocycles. The number of carbonyl (C=O) groups is 1. The predicted molar refractivity (Wildman–Crippen MR) is 50.3 cm³/mol. The van der Waals surface area contributed by atoms with Crippen LogP contribution in [-0.2, 0) is 14.6 Å². The molecule has 0 heterocycles. The second kappa shape index (κ2) is 5.01. The number of carboxylic acid groups (broad SMARTS) is 1. The van der Waals surface area contributed by atoms with Gasteiger partial charge in [0.15, 0.2) is 0 Å². The number of allylic oxidation sites excluding steroid dienone is 1. The standard InChI is InChI=1S/C8H14O4S/c1-3-7(8(9)10)5-4-6-13(2,11)12/h5H,3-4,6H2,1-2H3,(H,9,10). The lowest BCUT2D eigenvalue weighted by Gasteiger charge is -1.97. The van der Waals surface area contributed by atoms with Crippen molar-refractivity contribution in [3.8, 4) is 0 Å². The second-order valence-corrected chi connectivity index (χ2v) is 5.07. The highest BCUT2D eigenvalue weighted by Gasteiger charge is 2.05. The van der Waals surface area contributed by atoms with E-state index in [1.807, 2.05) is 0 Å². The first-order valence-electron chi connectivity index (χ1n) is 3.97. The molecule has 76 valence electrons. The van der Waals surface area contributed by atoms with Gasteiger partial charge in [0.05, 0.1) is 5.75 Å². The summed E-state index contributed by atoms with van der Waals surface area (Å²) in [5, 5.41) is 8.58. The Morgan fingerprint density at radius 3 is 2.31 bits per heavy atom. The van der Waals surface area contributed by atoms with Gasteiger partial charge >= 0.3 is 5.97 Å². The summed E-state index contributed by atoms with van der Waals surface area (Å²) in [6.07, 6.45) is 3.28. The summed E-state index contributed by atoms with van der Waals surface area (Å²) in [4.78, 5) is 10.5. The smallest absolute Gasteiger partial charge is 0.331 e. The van der Waals surface area contributed by atoms with Gasteiger partial charge in [-0.15, -0.1) is 0 Å². The van der Waals surface area contributed by atoms with Gasteiger partial charge in [0, 0.05) is 11.8 Å². The molecule has 0 atom stereocenters. The molecule has 0 aromatic carbocycles. The Bertz CT molecular complexity index is 300. The Morgan fingerprint density at radius 1 is 1.46 bits per heavy atom. The minimum atomic E-state index is -2.99. The molecule has 0 aliphatic heterocycles. The molecule has 0 unspecified atom stereocenters. The third-order valence-corrected chi connectivity index (χ3v) is 2.51. The zero-order valence-electron chi connectivity index (χ0n) is 7.78. The largest absolute Gasteiger partial charge is 0.478 e. The Balaban J connectivity index is 4.18. The van der Waals surface area contributed by atoms with Gasteiger partial charge in [0.2, 0.25) is 0 Å². The number of hydrogen-bond acceptors (Lipinski definition) is 3. The first-order chi connectivity index (χ1) is 5.87. The Labute approximate surface area is 78.2 Å². The summed E-state index contributed by atoms with van der Waals surface area (Å²) in [5.41, 5.74) is 0.267. The van der Waals surface area contributed by atoms with Gasteiger partial charge in [-0.2, -0.15) is 0 Å². The third kappa shape index (κ3) is 6.33. The molecule has 1 N–H and O–H groups in total. The van der Waals surface area contributed by atoms with Crippen LogP contribution in [0.25, 0.3) is 0 Å². The van der Waals surface area contributed by atoms with E-state index in [0.717, 1.165) is 6.26 Å². The van der Waals surface area contributed by atoms with Crippen LogP contribution >= 0.6 is 0 Å². The van der Waals surface area contributed by atoms with Crippen LogP contribution in [0.15, 0.2) is 11.6 Å². The zero-order valence-corrected chi connectivity index (χ0v) is 8.60. The van der Waals surface area contributed by atoms with Gasteiger partial charge in [-0.1, -0.05) is 13.0 Å². The number of sulfone groups is 1. The van der Waals surface area contributed by atoms with E-state index in [0.29, 0.717) is 6.42 Å². The minimum Gasteiger partial charge on any atom is -0.478 e. The molecule has 0 bridgehead atoms. The van der Waals surface area contributed by atoms with Crippen LogP contribution in [0.4, 0.5) is 0 Å². The SMILES string of the molecule is CCC(=CCCS(C)(=O)=O)C(=O)O.